The molecule has 1 heterocycles. The first kappa shape index (κ1) is 12.5. The van der Waals surface area contributed by atoms with E-state index in [2.05, 4.69) is 41.1 Å². The molecule has 0 radical (unpaired) electrons. The highest BCUT2D eigenvalue weighted by atomic mass is 15.2. The van der Waals surface area contributed by atoms with E-state index in [0.29, 0.717) is 6.04 Å². The van der Waals surface area contributed by atoms with E-state index in [-0.39, 0.29) is 6.04 Å². The van der Waals surface area contributed by atoms with Crippen molar-refractivity contribution in [2.75, 3.05) is 13.6 Å². The van der Waals surface area contributed by atoms with Crippen molar-refractivity contribution in [2.45, 2.75) is 44.8 Å². The molecule has 0 amide bonds. The van der Waals surface area contributed by atoms with Gasteiger partial charge in [-0.3, -0.25) is 14.9 Å². The number of rotatable bonds is 6. The van der Waals surface area contributed by atoms with Gasteiger partial charge in [-0.25, -0.2) is 0 Å². The van der Waals surface area contributed by atoms with Gasteiger partial charge in [-0.05, 0) is 33.7 Å². The summed E-state index contributed by atoms with van der Waals surface area (Å²) in [6, 6.07) is 1.65. The molecule has 2 unspecified atom stereocenters. The first-order valence-electron chi connectivity index (χ1n) is 6.39. The second-order valence-electron chi connectivity index (χ2n) is 5.01. The lowest BCUT2D eigenvalue weighted by atomic mass is 10.2. The van der Waals surface area contributed by atoms with Gasteiger partial charge in [0.25, 0.3) is 0 Å². The zero-order valence-corrected chi connectivity index (χ0v) is 10.9. The third-order valence-electron chi connectivity index (χ3n) is 3.56. The minimum Gasteiger partial charge on any atom is -0.307 e. The highest BCUT2D eigenvalue weighted by molar-refractivity contribution is 5.00. The summed E-state index contributed by atoms with van der Waals surface area (Å²) in [6.45, 7) is 5.40. The SMILES string of the molecule is CC(NCC(C)N(C)C1CC1)c1cnccn1. The second kappa shape index (κ2) is 5.56. The number of aromatic nitrogens is 2. The molecule has 4 heteroatoms. The molecule has 1 aliphatic carbocycles. The Morgan fingerprint density at radius 2 is 2.18 bits per heavy atom. The Hall–Kier alpha value is -1.00. The van der Waals surface area contributed by atoms with Crippen molar-refractivity contribution in [1.29, 1.82) is 0 Å². The molecular weight excluding hydrogens is 212 g/mol. The maximum absolute atomic E-state index is 4.31. The average Bonchev–Trinajstić information content (AvgIpc) is 3.20. The van der Waals surface area contributed by atoms with Gasteiger partial charge >= 0.3 is 0 Å². The van der Waals surface area contributed by atoms with E-state index in [1.54, 1.807) is 12.4 Å². The summed E-state index contributed by atoms with van der Waals surface area (Å²) in [4.78, 5) is 10.9. The van der Waals surface area contributed by atoms with Crippen molar-refractivity contribution in [3.63, 3.8) is 0 Å². The second-order valence-corrected chi connectivity index (χ2v) is 5.01. The van der Waals surface area contributed by atoms with E-state index >= 15 is 0 Å². The van der Waals surface area contributed by atoms with E-state index in [9.17, 15) is 0 Å². The Morgan fingerprint density at radius 3 is 2.76 bits per heavy atom. The first-order valence-corrected chi connectivity index (χ1v) is 6.39. The van der Waals surface area contributed by atoms with Crippen LogP contribution in [0.25, 0.3) is 0 Å². The molecule has 1 aliphatic rings. The zero-order valence-electron chi connectivity index (χ0n) is 10.9. The Kier molecular flexibility index (Phi) is 4.07. The van der Waals surface area contributed by atoms with Crippen molar-refractivity contribution < 1.29 is 0 Å². The molecule has 94 valence electrons. The Morgan fingerprint density at radius 1 is 1.41 bits per heavy atom. The molecule has 2 atom stereocenters. The first-order chi connectivity index (χ1) is 8.18. The molecule has 1 saturated carbocycles. The van der Waals surface area contributed by atoms with Gasteiger partial charge in [0.05, 0.1) is 5.69 Å². The minimum atomic E-state index is 0.263. The van der Waals surface area contributed by atoms with Gasteiger partial charge in [-0.2, -0.15) is 0 Å². The molecule has 2 rings (SSSR count). The number of likely N-dealkylation sites (N-methyl/N-ethyl adjacent to an activating group) is 1. The molecule has 0 aliphatic heterocycles. The Balaban J connectivity index is 1.77. The van der Waals surface area contributed by atoms with Crippen LogP contribution in [0.15, 0.2) is 18.6 Å². The highest BCUT2D eigenvalue weighted by Crippen LogP contribution is 2.26. The molecule has 4 nitrogen and oxygen atoms in total. The third-order valence-corrected chi connectivity index (χ3v) is 3.56. The number of nitrogens with one attached hydrogen (secondary N) is 1. The normalized spacial score (nSPS) is 19.3. The van der Waals surface area contributed by atoms with Crippen LogP contribution in [0.5, 0.6) is 0 Å². The van der Waals surface area contributed by atoms with Crippen LogP contribution in [0.1, 0.15) is 38.4 Å². The van der Waals surface area contributed by atoms with Crippen LogP contribution in [-0.2, 0) is 0 Å². The largest absolute Gasteiger partial charge is 0.307 e. The lowest BCUT2D eigenvalue weighted by Gasteiger charge is -2.26. The van der Waals surface area contributed by atoms with Gasteiger partial charge in [-0.15, -0.1) is 0 Å². The van der Waals surface area contributed by atoms with Crippen LogP contribution < -0.4 is 5.32 Å². The van der Waals surface area contributed by atoms with Crippen LogP contribution >= 0.6 is 0 Å². The molecule has 0 spiro atoms. The molecule has 17 heavy (non-hydrogen) atoms. The van der Waals surface area contributed by atoms with Crippen LogP contribution in [0.4, 0.5) is 0 Å². The fourth-order valence-corrected chi connectivity index (χ4v) is 1.97. The van der Waals surface area contributed by atoms with Crippen LogP contribution in [0, 0.1) is 0 Å². The van der Waals surface area contributed by atoms with Gasteiger partial charge in [0.1, 0.15) is 0 Å². The van der Waals surface area contributed by atoms with Gasteiger partial charge in [-0.1, -0.05) is 0 Å². The van der Waals surface area contributed by atoms with Gasteiger partial charge in [0, 0.05) is 43.3 Å². The van der Waals surface area contributed by atoms with E-state index in [4.69, 9.17) is 0 Å². The monoisotopic (exact) mass is 234 g/mol. The zero-order chi connectivity index (χ0) is 12.3. The predicted molar refractivity (Wildman–Crippen MR) is 68.7 cm³/mol. The van der Waals surface area contributed by atoms with Gasteiger partial charge in [0.2, 0.25) is 0 Å². The minimum absolute atomic E-state index is 0.263. The van der Waals surface area contributed by atoms with Crippen molar-refractivity contribution >= 4 is 0 Å². The van der Waals surface area contributed by atoms with Crippen molar-refractivity contribution in [3.8, 4) is 0 Å². The maximum Gasteiger partial charge on any atom is 0.0753 e. The van der Waals surface area contributed by atoms with E-state index in [1.165, 1.54) is 12.8 Å². The van der Waals surface area contributed by atoms with Crippen molar-refractivity contribution in [2.24, 2.45) is 0 Å². The highest BCUT2D eigenvalue weighted by Gasteiger charge is 2.29. The fourth-order valence-electron chi connectivity index (χ4n) is 1.97. The molecule has 0 aromatic carbocycles. The van der Waals surface area contributed by atoms with Crippen molar-refractivity contribution in [3.05, 3.63) is 24.3 Å². The Labute approximate surface area is 103 Å². The maximum atomic E-state index is 4.31. The van der Waals surface area contributed by atoms with E-state index in [0.717, 1.165) is 18.3 Å². The quantitative estimate of drug-likeness (QED) is 0.812. The van der Waals surface area contributed by atoms with Crippen LogP contribution in [0.3, 0.4) is 0 Å². The summed E-state index contributed by atoms with van der Waals surface area (Å²) in [6.07, 6.45) is 8.00. The predicted octanol–water partition coefficient (Wildman–Crippen LogP) is 1.61. The summed E-state index contributed by atoms with van der Waals surface area (Å²) in [5.74, 6) is 0. The number of hydrogen-bond donors (Lipinski definition) is 1. The van der Waals surface area contributed by atoms with E-state index < -0.39 is 0 Å². The molecule has 0 saturated heterocycles. The molecule has 1 fully saturated rings. The fraction of sp³-hybridized carbons (Fsp3) is 0.692. The third kappa shape index (κ3) is 3.48. The van der Waals surface area contributed by atoms with Crippen molar-refractivity contribution in [1.82, 2.24) is 20.2 Å². The standard InChI is InChI=1S/C13H22N4/c1-10(17(3)12-4-5-12)8-16-11(2)13-9-14-6-7-15-13/h6-7,9-12,16H,4-5,8H2,1-3H3. The summed E-state index contributed by atoms with van der Waals surface area (Å²) >= 11 is 0. The molecule has 1 N–H and O–H groups in total. The van der Waals surface area contributed by atoms with Crippen LogP contribution in [0.2, 0.25) is 0 Å². The average molecular weight is 234 g/mol. The summed E-state index contributed by atoms with van der Waals surface area (Å²) in [5, 5.41) is 3.52. The van der Waals surface area contributed by atoms with Gasteiger partial charge < -0.3 is 5.32 Å². The number of nitrogens with zero attached hydrogens (tertiary/aromatic N) is 3. The molecule has 1 aromatic heterocycles. The smallest absolute Gasteiger partial charge is 0.0753 e. The summed E-state index contributed by atoms with van der Waals surface area (Å²) in [7, 11) is 2.22. The number of hydrogen-bond acceptors (Lipinski definition) is 4. The lowest BCUT2D eigenvalue weighted by Crippen LogP contribution is -2.40. The summed E-state index contributed by atoms with van der Waals surface area (Å²) in [5.41, 5.74) is 1.01. The summed E-state index contributed by atoms with van der Waals surface area (Å²) < 4.78 is 0. The molecular formula is C13H22N4. The topological polar surface area (TPSA) is 41.0 Å². The molecule has 1 aromatic rings. The van der Waals surface area contributed by atoms with E-state index in [1.807, 2.05) is 6.20 Å². The molecule has 0 bridgehead atoms. The Bertz CT molecular complexity index is 337. The van der Waals surface area contributed by atoms with Crippen LogP contribution in [-0.4, -0.2) is 40.5 Å². The van der Waals surface area contributed by atoms with Gasteiger partial charge in [0.15, 0.2) is 0 Å². The lowest BCUT2D eigenvalue weighted by molar-refractivity contribution is 0.236.